The van der Waals surface area contributed by atoms with Gasteiger partial charge in [-0.25, -0.2) is 4.79 Å². The molecule has 0 aliphatic heterocycles. The van der Waals surface area contributed by atoms with Crippen LogP contribution in [0.25, 0.3) is 0 Å². The molecule has 0 saturated carbocycles. The SMILES string of the molecule is CCOC(=O)c1ccc(C(O)C(C)(C)C(F)(F)F)cc1. The third-order valence-electron chi connectivity index (χ3n) is 3.15. The first kappa shape index (κ1) is 16.5. The average molecular weight is 290 g/mol. The lowest BCUT2D eigenvalue weighted by atomic mass is 9.82. The summed E-state index contributed by atoms with van der Waals surface area (Å²) in [5.41, 5.74) is -1.95. The lowest BCUT2D eigenvalue weighted by Gasteiger charge is -2.32. The molecular formula is C14H17F3O3. The summed E-state index contributed by atoms with van der Waals surface area (Å²) in [6.07, 6.45) is -6.24. The molecule has 0 aliphatic carbocycles. The quantitative estimate of drug-likeness (QED) is 0.863. The summed E-state index contributed by atoms with van der Waals surface area (Å²) in [5.74, 6) is -0.552. The van der Waals surface area contributed by atoms with Gasteiger partial charge in [0.25, 0.3) is 0 Å². The van der Waals surface area contributed by atoms with E-state index in [0.717, 1.165) is 13.8 Å². The Bertz CT molecular complexity index is 464. The second-order valence-electron chi connectivity index (χ2n) is 4.96. The maximum absolute atomic E-state index is 12.8. The summed E-state index contributed by atoms with van der Waals surface area (Å²) in [4.78, 5) is 11.4. The van der Waals surface area contributed by atoms with Gasteiger partial charge in [-0.05, 0) is 38.5 Å². The van der Waals surface area contributed by atoms with Crippen LogP contribution in [0.1, 0.15) is 42.8 Å². The number of aliphatic hydroxyl groups excluding tert-OH is 1. The van der Waals surface area contributed by atoms with E-state index in [-0.39, 0.29) is 17.7 Å². The molecule has 0 saturated heterocycles. The number of halogens is 3. The summed E-state index contributed by atoms with van der Waals surface area (Å²) in [6, 6.07) is 5.26. The fourth-order valence-electron chi connectivity index (χ4n) is 1.59. The summed E-state index contributed by atoms with van der Waals surface area (Å²) in [7, 11) is 0. The molecule has 6 heteroatoms. The van der Waals surface area contributed by atoms with Gasteiger partial charge in [-0.3, -0.25) is 0 Å². The normalized spacial score (nSPS) is 13.9. The Labute approximate surface area is 115 Å². The van der Waals surface area contributed by atoms with E-state index in [0.29, 0.717) is 0 Å². The average Bonchev–Trinajstić information content (AvgIpc) is 2.37. The number of carbonyl (C=O) groups is 1. The second-order valence-corrected chi connectivity index (χ2v) is 4.96. The highest BCUT2D eigenvalue weighted by atomic mass is 19.4. The fourth-order valence-corrected chi connectivity index (χ4v) is 1.59. The zero-order valence-corrected chi connectivity index (χ0v) is 11.5. The minimum Gasteiger partial charge on any atom is -0.462 e. The van der Waals surface area contributed by atoms with Gasteiger partial charge in [-0.15, -0.1) is 0 Å². The van der Waals surface area contributed by atoms with Crippen LogP contribution in [0, 0.1) is 5.41 Å². The van der Waals surface area contributed by atoms with Crippen LogP contribution in [-0.2, 0) is 4.74 Å². The monoisotopic (exact) mass is 290 g/mol. The van der Waals surface area contributed by atoms with Gasteiger partial charge in [0.2, 0.25) is 0 Å². The van der Waals surface area contributed by atoms with Crippen molar-refractivity contribution in [3.63, 3.8) is 0 Å². The number of hydrogen-bond donors (Lipinski definition) is 1. The van der Waals surface area contributed by atoms with E-state index in [1.807, 2.05) is 0 Å². The number of aliphatic hydroxyl groups is 1. The first-order valence-corrected chi connectivity index (χ1v) is 6.13. The van der Waals surface area contributed by atoms with Crippen LogP contribution >= 0.6 is 0 Å². The van der Waals surface area contributed by atoms with Crippen LogP contribution < -0.4 is 0 Å². The van der Waals surface area contributed by atoms with Crippen LogP contribution in [0.15, 0.2) is 24.3 Å². The van der Waals surface area contributed by atoms with Crippen molar-refractivity contribution in [2.24, 2.45) is 5.41 Å². The van der Waals surface area contributed by atoms with Crippen molar-refractivity contribution in [1.29, 1.82) is 0 Å². The molecule has 0 fully saturated rings. The minimum atomic E-state index is -4.54. The fraction of sp³-hybridized carbons (Fsp3) is 0.500. The molecule has 0 aliphatic rings. The van der Waals surface area contributed by atoms with Crippen molar-refractivity contribution in [2.45, 2.75) is 33.1 Å². The van der Waals surface area contributed by atoms with Crippen molar-refractivity contribution < 1.29 is 27.8 Å². The van der Waals surface area contributed by atoms with E-state index in [1.165, 1.54) is 24.3 Å². The van der Waals surface area contributed by atoms with Crippen molar-refractivity contribution in [3.05, 3.63) is 35.4 Å². The maximum Gasteiger partial charge on any atom is 0.396 e. The van der Waals surface area contributed by atoms with Crippen molar-refractivity contribution in [2.75, 3.05) is 6.61 Å². The number of carbonyl (C=O) groups excluding carboxylic acids is 1. The van der Waals surface area contributed by atoms with Gasteiger partial charge >= 0.3 is 12.1 Å². The van der Waals surface area contributed by atoms with Gasteiger partial charge in [-0.2, -0.15) is 13.2 Å². The van der Waals surface area contributed by atoms with E-state index in [1.54, 1.807) is 6.92 Å². The maximum atomic E-state index is 12.8. The number of rotatable bonds is 4. The molecule has 112 valence electrons. The van der Waals surface area contributed by atoms with E-state index >= 15 is 0 Å². The number of alkyl halides is 3. The van der Waals surface area contributed by atoms with Crippen LogP contribution in [0.3, 0.4) is 0 Å². The molecule has 1 unspecified atom stereocenters. The molecule has 0 bridgehead atoms. The number of benzene rings is 1. The van der Waals surface area contributed by atoms with E-state index in [2.05, 4.69) is 0 Å². The topological polar surface area (TPSA) is 46.5 Å². The van der Waals surface area contributed by atoms with Crippen LogP contribution in [-0.4, -0.2) is 23.9 Å². The minimum absolute atomic E-state index is 0.0976. The van der Waals surface area contributed by atoms with Gasteiger partial charge in [0.15, 0.2) is 0 Å². The molecule has 1 aromatic carbocycles. The Kier molecular flexibility index (Phi) is 4.81. The largest absolute Gasteiger partial charge is 0.462 e. The standard InChI is InChI=1S/C14H17F3O3/c1-4-20-12(19)10-7-5-9(6-8-10)11(18)13(2,3)14(15,16)17/h5-8,11,18H,4H2,1-3H3. The summed E-state index contributed by atoms with van der Waals surface area (Å²) < 4.78 is 43.3. The molecule has 1 aromatic rings. The summed E-state index contributed by atoms with van der Waals surface area (Å²) in [5, 5.41) is 9.88. The zero-order valence-electron chi connectivity index (χ0n) is 11.5. The van der Waals surface area contributed by atoms with Gasteiger partial charge in [0.05, 0.1) is 23.7 Å². The highest BCUT2D eigenvalue weighted by Crippen LogP contribution is 2.46. The molecule has 1 atom stereocenters. The molecule has 3 nitrogen and oxygen atoms in total. The molecule has 0 spiro atoms. The van der Waals surface area contributed by atoms with Crippen LogP contribution in [0.2, 0.25) is 0 Å². The number of hydrogen-bond acceptors (Lipinski definition) is 3. The molecule has 20 heavy (non-hydrogen) atoms. The summed E-state index contributed by atoms with van der Waals surface area (Å²) >= 11 is 0. The Balaban J connectivity index is 2.97. The van der Waals surface area contributed by atoms with Crippen LogP contribution in [0.5, 0.6) is 0 Å². The van der Waals surface area contributed by atoms with Gasteiger partial charge < -0.3 is 9.84 Å². The molecule has 1 rings (SSSR count). The summed E-state index contributed by atoms with van der Waals surface area (Å²) in [6.45, 7) is 3.72. The highest BCUT2D eigenvalue weighted by Gasteiger charge is 2.52. The van der Waals surface area contributed by atoms with E-state index in [9.17, 15) is 23.1 Å². The lowest BCUT2D eigenvalue weighted by molar-refractivity contribution is -0.243. The Hall–Kier alpha value is -1.56. The zero-order chi connectivity index (χ0) is 15.6. The number of ether oxygens (including phenoxy) is 1. The predicted molar refractivity (Wildman–Crippen MR) is 67.2 cm³/mol. The molecule has 0 aromatic heterocycles. The molecule has 1 N–H and O–H groups in total. The van der Waals surface area contributed by atoms with Gasteiger partial charge in [0.1, 0.15) is 0 Å². The Morgan fingerprint density at radius 2 is 1.75 bits per heavy atom. The lowest BCUT2D eigenvalue weighted by Crippen LogP contribution is -2.37. The third kappa shape index (κ3) is 3.30. The third-order valence-corrected chi connectivity index (χ3v) is 3.15. The Morgan fingerprint density at radius 3 is 2.15 bits per heavy atom. The molecule has 0 heterocycles. The van der Waals surface area contributed by atoms with Crippen molar-refractivity contribution in [3.8, 4) is 0 Å². The van der Waals surface area contributed by atoms with E-state index < -0.39 is 23.7 Å². The van der Waals surface area contributed by atoms with Crippen LogP contribution in [0.4, 0.5) is 13.2 Å². The highest BCUT2D eigenvalue weighted by molar-refractivity contribution is 5.89. The van der Waals surface area contributed by atoms with Crippen molar-refractivity contribution in [1.82, 2.24) is 0 Å². The number of esters is 1. The van der Waals surface area contributed by atoms with Gasteiger partial charge in [-0.1, -0.05) is 12.1 Å². The molecule has 0 amide bonds. The Morgan fingerprint density at radius 1 is 1.25 bits per heavy atom. The molecule has 0 radical (unpaired) electrons. The van der Waals surface area contributed by atoms with Crippen molar-refractivity contribution >= 4 is 5.97 Å². The van der Waals surface area contributed by atoms with Gasteiger partial charge in [0, 0.05) is 0 Å². The first-order valence-electron chi connectivity index (χ1n) is 6.13. The molecular weight excluding hydrogens is 273 g/mol. The first-order chi connectivity index (χ1) is 9.11. The predicted octanol–water partition coefficient (Wildman–Crippen LogP) is 3.49. The van der Waals surface area contributed by atoms with E-state index in [4.69, 9.17) is 4.74 Å². The second kappa shape index (κ2) is 5.83. The smallest absolute Gasteiger partial charge is 0.396 e.